The second-order valence-electron chi connectivity index (χ2n) is 3.84. The lowest BCUT2D eigenvalue weighted by Crippen LogP contribution is -2.16. The molecule has 0 saturated heterocycles. The van der Waals surface area contributed by atoms with Crippen molar-refractivity contribution < 1.29 is 9.52 Å². The van der Waals surface area contributed by atoms with E-state index in [1.807, 2.05) is 12.1 Å². The first-order valence-corrected chi connectivity index (χ1v) is 5.63. The highest BCUT2D eigenvalue weighted by Crippen LogP contribution is 2.24. The van der Waals surface area contributed by atoms with Crippen molar-refractivity contribution in [1.82, 2.24) is 0 Å². The van der Waals surface area contributed by atoms with Crippen LogP contribution in [0.3, 0.4) is 0 Å². The molecular weight excluding hydrogens is 188 g/mol. The summed E-state index contributed by atoms with van der Waals surface area (Å²) in [7, 11) is 0. The highest BCUT2D eigenvalue weighted by atomic mass is 16.3. The summed E-state index contributed by atoms with van der Waals surface area (Å²) in [6.45, 7) is 5.90. The van der Waals surface area contributed by atoms with Crippen LogP contribution < -0.4 is 0 Å². The molecule has 1 aromatic heterocycles. The Bertz CT molecular complexity index is 264. The van der Waals surface area contributed by atoms with E-state index in [2.05, 4.69) is 13.5 Å². The smallest absolute Gasteiger partial charge is 0.113 e. The fraction of sp³-hybridized carbons (Fsp3) is 0.538. The van der Waals surface area contributed by atoms with Gasteiger partial charge >= 0.3 is 0 Å². The van der Waals surface area contributed by atoms with E-state index < -0.39 is 0 Å². The van der Waals surface area contributed by atoms with Crippen LogP contribution >= 0.6 is 0 Å². The van der Waals surface area contributed by atoms with Crippen LogP contribution in [0.25, 0.3) is 0 Å². The van der Waals surface area contributed by atoms with Gasteiger partial charge in [-0.1, -0.05) is 32.3 Å². The quantitative estimate of drug-likeness (QED) is 0.549. The van der Waals surface area contributed by atoms with Gasteiger partial charge in [-0.3, -0.25) is 0 Å². The van der Waals surface area contributed by atoms with Gasteiger partial charge in [0.05, 0.1) is 18.3 Å². The van der Waals surface area contributed by atoms with Crippen molar-refractivity contribution in [2.24, 2.45) is 0 Å². The molecular formula is C13H20O2. The first kappa shape index (κ1) is 12.1. The monoisotopic (exact) mass is 208 g/mol. The molecule has 2 nitrogen and oxygen atoms in total. The molecule has 0 aliphatic heterocycles. The van der Waals surface area contributed by atoms with Crippen LogP contribution in [0.2, 0.25) is 0 Å². The van der Waals surface area contributed by atoms with Gasteiger partial charge < -0.3 is 9.52 Å². The third-order valence-corrected chi connectivity index (χ3v) is 2.64. The first-order chi connectivity index (χ1) is 7.29. The van der Waals surface area contributed by atoms with Gasteiger partial charge in [0.1, 0.15) is 5.76 Å². The number of unbranched alkanes of at least 4 members (excludes halogenated alkanes) is 2. The molecule has 1 N–H and O–H groups in total. The molecule has 1 heterocycles. The van der Waals surface area contributed by atoms with Crippen LogP contribution in [0.1, 0.15) is 44.3 Å². The summed E-state index contributed by atoms with van der Waals surface area (Å²) in [6, 6.07) is 3.72. The topological polar surface area (TPSA) is 33.4 Å². The van der Waals surface area contributed by atoms with Gasteiger partial charge in [0.15, 0.2) is 0 Å². The van der Waals surface area contributed by atoms with Crippen molar-refractivity contribution in [2.75, 3.05) is 0 Å². The SMILES string of the molecule is C=CC(c1ccco1)C(O)CCCCC. The lowest BCUT2D eigenvalue weighted by atomic mass is 9.95. The second-order valence-corrected chi connectivity index (χ2v) is 3.84. The fourth-order valence-electron chi connectivity index (χ4n) is 1.73. The van der Waals surface area contributed by atoms with Crippen molar-refractivity contribution in [2.45, 2.75) is 44.6 Å². The Balaban J connectivity index is 2.48. The maximum absolute atomic E-state index is 9.98. The molecule has 0 fully saturated rings. The molecule has 2 atom stereocenters. The van der Waals surface area contributed by atoms with Gasteiger partial charge in [-0.25, -0.2) is 0 Å². The van der Waals surface area contributed by atoms with Gasteiger partial charge in [0.2, 0.25) is 0 Å². The Morgan fingerprint density at radius 1 is 1.53 bits per heavy atom. The maximum atomic E-state index is 9.98. The highest BCUT2D eigenvalue weighted by Gasteiger charge is 2.19. The van der Waals surface area contributed by atoms with Gasteiger partial charge in [-0.15, -0.1) is 6.58 Å². The molecule has 2 unspecified atom stereocenters. The Morgan fingerprint density at radius 2 is 2.33 bits per heavy atom. The van der Waals surface area contributed by atoms with Crippen molar-refractivity contribution in [3.8, 4) is 0 Å². The minimum atomic E-state index is -0.375. The normalized spacial score (nSPS) is 14.8. The van der Waals surface area contributed by atoms with Crippen molar-refractivity contribution in [3.63, 3.8) is 0 Å². The Morgan fingerprint density at radius 3 is 2.87 bits per heavy atom. The number of hydrogen-bond acceptors (Lipinski definition) is 2. The second kappa shape index (κ2) is 6.46. The van der Waals surface area contributed by atoms with E-state index in [0.29, 0.717) is 0 Å². The average Bonchev–Trinajstić information content (AvgIpc) is 2.73. The molecule has 0 amide bonds. The van der Waals surface area contributed by atoms with Crippen LogP contribution in [0, 0.1) is 0 Å². The Kier molecular flexibility index (Phi) is 5.19. The summed E-state index contributed by atoms with van der Waals surface area (Å²) in [5, 5.41) is 9.98. The Labute approximate surface area is 91.6 Å². The lowest BCUT2D eigenvalue weighted by Gasteiger charge is -2.17. The van der Waals surface area contributed by atoms with Gasteiger partial charge in [0, 0.05) is 0 Å². The fourth-order valence-corrected chi connectivity index (χ4v) is 1.73. The summed E-state index contributed by atoms with van der Waals surface area (Å²) in [6.07, 6.45) is 7.22. The predicted octanol–water partition coefficient (Wildman–Crippen LogP) is 3.49. The van der Waals surface area contributed by atoms with Crippen molar-refractivity contribution in [1.29, 1.82) is 0 Å². The molecule has 0 radical (unpaired) electrons. The standard InChI is InChI=1S/C13H20O2/c1-3-5-6-8-12(14)11(4-2)13-9-7-10-15-13/h4,7,9-12,14H,2-3,5-6,8H2,1H3. The molecule has 0 aliphatic rings. The van der Waals surface area contributed by atoms with Crippen LogP contribution in [0.5, 0.6) is 0 Å². The maximum Gasteiger partial charge on any atom is 0.113 e. The molecule has 1 rings (SSSR count). The van der Waals surface area contributed by atoms with E-state index in [1.165, 1.54) is 12.8 Å². The minimum absolute atomic E-state index is 0.0724. The Hall–Kier alpha value is -1.02. The predicted molar refractivity (Wildman–Crippen MR) is 61.8 cm³/mol. The van der Waals surface area contributed by atoms with Crippen LogP contribution in [-0.4, -0.2) is 11.2 Å². The van der Waals surface area contributed by atoms with Crippen molar-refractivity contribution >= 4 is 0 Å². The number of furan rings is 1. The largest absolute Gasteiger partial charge is 0.469 e. The number of hydrogen-bond donors (Lipinski definition) is 1. The average molecular weight is 208 g/mol. The summed E-state index contributed by atoms with van der Waals surface area (Å²) in [5.74, 6) is 0.728. The molecule has 1 aromatic rings. The zero-order valence-electron chi connectivity index (χ0n) is 9.36. The molecule has 0 spiro atoms. The third kappa shape index (κ3) is 3.56. The van der Waals surface area contributed by atoms with Gasteiger partial charge in [0.25, 0.3) is 0 Å². The summed E-state index contributed by atoms with van der Waals surface area (Å²) < 4.78 is 5.28. The molecule has 0 aromatic carbocycles. The molecule has 15 heavy (non-hydrogen) atoms. The summed E-state index contributed by atoms with van der Waals surface area (Å²) >= 11 is 0. The van der Waals surface area contributed by atoms with Crippen LogP contribution in [0.15, 0.2) is 35.5 Å². The number of aliphatic hydroxyl groups excluding tert-OH is 1. The molecule has 0 saturated carbocycles. The van der Waals surface area contributed by atoms with Gasteiger partial charge in [-0.2, -0.15) is 0 Å². The zero-order valence-corrected chi connectivity index (χ0v) is 9.36. The van der Waals surface area contributed by atoms with Crippen LogP contribution in [0.4, 0.5) is 0 Å². The van der Waals surface area contributed by atoms with E-state index in [-0.39, 0.29) is 12.0 Å². The van der Waals surface area contributed by atoms with Crippen molar-refractivity contribution in [3.05, 3.63) is 36.8 Å². The highest BCUT2D eigenvalue weighted by molar-refractivity contribution is 5.13. The zero-order chi connectivity index (χ0) is 11.1. The molecule has 0 bridgehead atoms. The minimum Gasteiger partial charge on any atom is -0.469 e. The van der Waals surface area contributed by atoms with E-state index >= 15 is 0 Å². The third-order valence-electron chi connectivity index (χ3n) is 2.64. The summed E-state index contributed by atoms with van der Waals surface area (Å²) in [4.78, 5) is 0. The first-order valence-electron chi connectivity index (χ1n) is 5.63. The molecule has 0 aliphatic carbocycles. The molecule has 2 heteroatoms. The van der Waals surface area contributed by atoms with Crippen LogP contribution in [-0.2, 0) is 0 Å². The lowest BCUT2D eigenvalue weighted by molar-refractivity contribution is 0.137. The van der Waals surface area contributed by atoms with E-state index in [1.54, 1.807) is 12.3 Å². The van der Waals surface area contributed by atoms with E-state index in [9.17, 15) is 5.11 Å². The van der Waals surface area contributed by atoms with E-state index in [4.69, 9.17) is 4.42 Å². The number of rotatable bonds is 7. The summed E-state index contributed by atoms with van der Waals surface area (Å²) in [5.41, 5.74) is 0. The number of aliphatic hydroxyl groups is 1. The van der Waals surface area contributed by atoms with E-state index in [0.717, 1.165) is 18.6 Å². The molecule has 84 valence electrons. The van der Waals surface area contributed by atoms with Gasteiger partial charge in [-0.05, 0) is 18.6 Å².